The van der Waals surface area contributed by atoms with Gasteiger partial charge in [0.25, 0.3) is 11.8 Å². The maximum Gasteiger partial charge on any atom is 0.256 e. The van der Waals surface area contributed by atoms with E-state index in [4.69, 9.17) is 4.74 Å². The highest BCUT2D eigenvalue weighted by Gasteiger charge is 2.23. The van der Waals surface area contributed by atoms with Crippen LogP contribution in [0.4, 0.5) is 0 Å². The summed E-state index contributed by atoms with van der Waals surface area (Å²) in [7, 11) is 0. The number of rotatable bonds is 6. The molecular formula is C22H33N3O4. The number of pyridine rings is 1. The lowest BCUT2D eigenvalue weighted by atomic mass is 9.96. The minimum atomic E-state index is -0.511. The molecule has 2 amide bonds. The third kappa shape index (κ3) is 5.92. The minimum absolute atomic E-state index is 0.00941. The molecule has 0 bridgehead atoms. The third-order valence-corrected chi connectivity index (χ3v) is 5.78. The van der Waals surface area contributed by atoms with Crippen molar-refractivity contribution in [2.75, 3.05) is 13.2 Å². The summed E-state index contributed by atoms with van der Waals surface area (Å²) in [6.07, 6.45) is 12.8. The molecule has 1 saturated heterocycles. The van der Waals surface area contributed by atoms with Crippen LogP contribution < -0.4 is 16.1 Å². The summed E-state index contributed by atoms with van der Waals surface area (Å²) in [6.45, 7) is 3.47. The number of carbonyl (C=O) groups excluding carboxylic acids is 2. The van der Waals surface area contributed by atoms with Crippen molar-refractivity contribution < 1.29 is 14.3 Å². The Morgan fingerprint density at radius 3 is 2.28 bits per heavy atom. The van der Waals surface area contributed by atoms with Crippen LogP contribution in [0.5, 0.6) is 0 Å². The van der Waals surface area contributed by atoms with Gasteiger partial charge in [0.2, 0.25) is 5.43 Å². The summed E-state index contributed by atoms with van der Waals surface area (Å²) in [6, 6.07) is 0.0851. The van der Waals surface area contributed by atoms with E-state index in [1.54, 1.807) is 23.9 Å². The molecule has 0 radical (unpaired) electrons. The van der Waals surface area contributed by atoms with E-state index >= 15 is 0 Å². The summed E-state index contributed by atoms with van der Waals surface area (Å²) >= 11 is 0. The van der Waals surface area contributed by atoms with Gasteiger partial charge in [-0.3, -0.25) is 14.4 Å². The molecule has 1 aromatic heterocycles. The maximum absolute atomic E-state index is 13.0. The molecule has 1 aromatic rings. The standard InChI is InChI=1S/C22H33N3O4/c1-2-23-21(27)18-14-25(13-17-11-8-12-29-17)15-19(20(18)26)22(28)24-16-9-6-4-3-5-7-10-16/h14-17H,2-13H2,1H3,(H,23,27)(H,24,28)/t17-/m0/s1. The Hall–Kier alpha value is -2.15. The first-order chi connectivity index (χ1) is 14.1. The van der Waals surface area contributed by atoms with E-state index in [2.05, 4.69) is 10.6 Å². The minimum Gasteiger partial charge on any atom is -0.376 e. The molecule has 2 N–H and O–H groups in total. The van der Waals surface area contributed by atoms with E-state index in [0.29, 0.717) is 13.1 Å². The number of aromatic nitrogens is 1. The highest BCUT2D eigenvalue weighted by molar-refractivity contribution is 5.99. The van der Waals surface area contributed by atoms with Crippen molar-refractivity contribution in [3.63, 3.8) is 0 Å². The van der Waals surface area contributed by atoms with Gasteiger partial charge in [-0.15, -0.1) is 0 Å². The molecule has 7 nitrogen and oxygen atoms in total. The van der Waals surface area contributed by atoms with Gasteiger partial charge in [-0.1, -0.05) is 32.1 Å². The number of nitrogens with one attached hydrogen (secondary N) is 2. The molecule has 2 heterocycles. The first-order valence-corrected chi connectivity index (χ1v) is 11.0. The van der Waals surface area contributed by atoms with E-state index in [9.17, 15) is 14.4 Å². The van der Waals surface area contributed by atoms with Crippen molar-refractivity contribution in [1.82, 2.24) is 15.2 Å². The molecule has 1 aliphatic heterocycles. The summed E-state index contributed by atoms with van der Waals surface area (Å²) in [5.41, 5.74) is -0.466. The van der Waals surface area contributed by atoms with Gasteiger partial charge >= 0.3 is 0 Å². The maximum atomic E-state index is 13.0. The second kappa shape index (κ2) is 10.6. The lowest BCUT2D eigenvalue weighted by molar-refractivity contribution is 0.0914. The normalized spacial score (nSPS) is 20.7. The fraction of sp³-hybridized carbons (Fsp3) is 0.682. The molecular weight excluding hydrogens is 370 g/mol. The van der Waals surface area contributed by atoms with Gasteiger partial charge < -0.3 is 19.9 Å². The average Bonchev–Trinajstić information content (AvgIpc) is 3.18. The van der Waals surface area contributed by atoms with Crippen LogP contribution in [-0.4, -0.2) is 41.7 Å². The molecule has 0 aromatic carbocycles. The Labute approximate surface area is 172 Å². The van der Waals surface area contributed by atoms with Crippen LogP contribution in [0.15, 0.2) is 17.2 Å². The van der Waals surface area contributed by atoms with E-state index in [1.807, 2.05) is 0 Å². The van der Waals surface area contributed by atoms with Crippen LogP contribution in [0.25, 0.3) is 0 Å². The Morgan fingerprint density at radius 2 is 1.66 bits per heavy atom. The van der Waals surface area contributed by atoms with Crippen LogP contribution in [-0.2, 0) is 11.3 Å². The van der Waals surface area contributed by atoms with Crippen LogP contribution in [0.3, 0.4) is 0 Å². The van der Waals surface area contributed by atoms with Crippen molar-refractivity contribution in [2.45, 2.75) is 83.4 Å². The zero-order chi connectivity index (χ0) is 20.6. The summed E-state index contributed by atoms with van der Waals surface area (Å²) in [5, 5.41) is 5.72. The van der Waals surface area contributed by atoms with Crippen molar-refractivity contribution in [2.24, 2.45) is 0 Å². The first kappa shape index (κ1) is 21.6. The van der Waals surface area contributed by atoms with Crippen molar-refractivity contribution in [3.05, 3.63) is 33.7 Å². The van der Waals surface area contributed by atoms with Crippen LogP contribution in [0, 0.1) is 0 Å². The number of hydrogen-bond donors (Lipinski definition) is 2. The second-order valence-corrected chi connectivity index (χ2v) is 8.12. The Bertz CT molecular complexity index is 760. The van der Waals surface area contributed by atoms with Gasteiger partial charge in [0.15, 0.2) is 0 Å². The first-order valence-electron chi connectivity index (χ1n) is 11.0. The van der Waals surface area contributed by atoms with Crippen LogP contribution in [0.2, 0.25) is 0 Å². The van der Waals surface area contributed by atoms with Gasteiger partial charge in [0.1, 0.15) is 11.1 Å². The Kier molecular flexibility index (Phi) is 7.86. The molecule has 0 spiro atoms. The molecule has 1 aliphatic carbocycles. The molecule has 7 heteroatoms. The fourth-order valence-corrected chi connectivity index (χ4v) is 4.20. The molecule has 2 aliphatic rings. The quantitative estimate of drug-likeness (QED) is 0.764. The van der Waals surface area contributed by atoms with Gasteiger partial charge in [0.05, 0.1) is 6.10 Å². The lowest BCUT2D eigenvalue weighted by Gasteiger charge is -2.21. The van der Waals surface area contributed by atoms with Crippen LogP contribution in [0.1, 0.15) is 85.4 Å². The Morgan fingerprint density at radius 1 is 1.00 bits per heavy atom. The molecule has 0 unspecified atom stereocenters. The van der Waals surface area contributed by atoms with Crippen molar-refractivity contribution in [3.8, 4) is 0 Å². The number of ether oxygens (including phenoxy) is 1. The fourth-order valence-electron chi connectivity index (χ4n) is 4.20. The molecule has 2 fully saturated rings. The number of amides is 2. The number of nitrogens with zero attached hydrogens (tertiary/aromatic N) is 1. The number of hydrogen-bond acceptors (Lipinski definition) is 4. The second-order valence-electron chi connectivity index (χ2n) is 8.12. The van der Waals surface area contributed by atoms with Gasteiger partial charge in [-0.05, 0) is 32.6 Å². The van der Waals surface area contributed by atoms with Gasteiger partial charge in [-0.25, -0.2) is 0 Å². The van der Waals surface area contributed by atoms with E-state index in [1.165, 1.54) is 19.3 Å². The molecule has 1 saturated carbocycles. The highest BCUT2D eigenvalue weighted by atomic mass is 16.5. The smallest absolute Gasteiger partial charge is 0.256 e. The summed E-state index contributed by atoms with van der Waals surface area (Å²) in [5.74, 6) is -0.827. The summed E-state index contributed by atoms with van der Waals surface area (Å²) in [4.78, 5) is 38.3. The lowest BCUT2D eigenvalue weighted by Crippen LogP contribution is -2.40. The zero-order valence-electron chi connectivity index (χ0n) is 17.4. The van der Waals surface area contributed by atoms with E-state index < -0.39 is 11.3 Å². The van der Waals surface area contributed by atoms with Crippen molar-refractivity contribution >= 4 is 11.8 Å². The zero-order valence-corrected chi connectivity index (χ0v) is 17.4. The number of carbonyl (C=O) groups is 2. The monoisotopic (exact) mass is 403 g/mol. The predicted octanol–water partition coefficient (Wildman–Crippen LogP) is 2.62. The van der Waals surface area contributed by atoms with E-state index in [0.717, 1.165) is 45.1 Å². The molecule has 1 atom stereocenters. The van der Waals surface area contributed by atoms with Gasteiger partial charge in [0, 0.05) is 38.1 Å². The summed E-state index contributed by atoms with van der Waals surface area (Å²) < 4.78 is 7.44. The molecule has 29 heavy (non-hydrogen) atoms. The largest absolute Gasteiger partial charge is 0.376 e. The third-order valence-electron chi connectivity index (χ3n) is 5.78. The predicted molar refractivity (Wildman–Crippen MR) is 111 cm³/mol. The molecule has 160 valence electrons. The SMILES string of the molecule is CCNC(=O)c1cn(C[C@@H]2CCCO2)cc(C(=O)NC2CCCCCCC2)c1=O. The average molecular weight is 404 g/mol. The topological polar surface area (TPSA) is 89.4 Å². The highest BCUT2D eigenvalue weighted by Crippen LogP contribution is 2.18. The van der Waals surface area contributed by atoms with Crippen LogP contribution >= 0.6 is 0 Å². The van der Waals surface area contributed by atoms with E-state index in [-0.39, 0.29) is 29.2 Å². The van der Waals surface area contributed by atoms with Gasteiger partial charge in [-0.2, -0.15) is 0 Å². The molecule has 3 rings (SSSR count). The Balaban J connectivity index is 1.83. The van der Waals surface area contributed by atoms with Crippen molar-refractivity contribution in [1.29, 1.82) is 0 Å².